The highest BCUT2D eigenvalue weighted by molar-refractivity contribution is 7.99. The predicted octanol–water partition coefficient (Wildman–Crippen LogP) is 2.90. The highest BCUT2D eigenvalue weighted by Crippen LogP contribution is 2.11. The van der Waals surface area contributed by atoms with Crippen molar-refractivity contribution in [3.8, 4) is 0 Å². The van der Waals surface area contributed by atoms with Crippen LogP contribution in [0.15, 0.2) is 6.07 Å². The molecule has 0 spiro atoms. The van der Waals surface area contributed by atoms with Gasteiger partial charge in [-0.25, -0.2) is 9.97 Å². The molecule has 1 heterocycles. The Morgan fingerprint density at radius 3 is 2.75 bits per heavy atom. The van der Waals surface area contributed by atoms with E-state index in [-0.39, 0.29) is 0 Å². The summed E-state index contributed by atoms with van der Waals surface area (Å²) in [6.07, 6.45) is 0.954. The summed E-state index contributed by atoms with van der Waals surface area (Å²) in [5.41, 5.74) is 1.10. The quantitative estimate of drug-likeness (QED) is 0.828. The van der Waals surface area contributed by atoms with Gasteiger partial charge in [0.1, 0.15) is 11.6 Å². The van der Waals surface area contributed by atoms with Crippen molar-refractivity contribution >= 4 is 17.6 Å². The number of rotatable bonds is 6. The van der Waals surface area contributed by atoms with Crippen molar-refractivity contribution in [2.45, 2.75) is 40.2 Å². The van der Waals surface area contributed by atoms with Crippen LogP contribution in [0.1, 0.15) is 32.3 Å². The molecule has 1 N–H and O–H groups in total. The second-order valence-electron chi connectivity index (χ2n) is 3.85. The average molecular weight is 239 g/mol. The van der Waals surface area contributed by atoms with Gasteiger partial charge in [-0.2, -0.15) is 11.8 Å². The van der Waals surface area contributed by atoms with Crippen molar-refractivity contribution in [1.29, 1.82) is 0 Å². The minimum absolute atomic E-state index is 0.448. The normalized spacial score (nSPS) is 12.5. The van der Waals surface area contributed by atoms with E-state index in [1.54, 1.807) is 0 Å². The van der Waals surface area contributed by atoms with Crippen molar-refractivity contribution in [3.63, 3.8) is 0 Å². The Bertz CT molecular complexity index is 328. The van der Waals surface area contributed by atoms with Gasteiger partial charge in [0.05, 0.1) is 0 Å². The predicted molar refractivity (Wildman–Crippen MR) is 72.2 cm³/mol. The van der Waals surface area contributed by atoms with Gasteiger partial charge in [-0.1, -0.05) is 13.8 Å². The Balaban J connectivity index is 2.61. The van der Waals surface area contributed by atoms with E-state index >= 15 is 0 Å². The van der Waals surface area contributed by atoms with E-state index in [1.807, 2.05) is 24.8 Å². The number of thioether (sulfide) groups is 1. The smallest absolute Gasteiger partial charge is 0.130 e. The number of anilines is 1. The van der Waals surface area contributed by atoms with E-state index in [9.17, 15) is 0 Å². The van der Waals surface area contributed by atoms with E-state index in [2.05, 4.69) is 36.1 Å². The van der Waals surface area contributed by atoms with Crippen molar-refractivity contribution in [2.75, 3.05) is 16.8 Å². The SMILES string of the molecule is CCSCC(C)Nc1cc(CC)nc(C)n1. The van der Waals surface area contributed by atoms with Gasteiger partial charge in [0.15, 0.2) is 0 Å². The maximum Gasteiger partial charge on any atom is 0.130 e. The van der Waals surface area contributed by atoms with Gasteiger partial charge in [0.2, 0.25) is 0 Å². The lowest BCUT2D eigenvalue weighted by atomic mass is 10.3. The molecule has 3 nitrogen and oxygen atoms in total. The molecule has 0 aliphatic heterocycles. The summed E-state index contributed by atoms with van der Waals surface area (Å²) in [6, 6.07) is 2.49. The van der Waals surface area contributed by atoms with Gasteiger partial charge in [0, 0.05) is 23.6 Å². The third-order valence-electron chi connectivity index (χ3n) is 2.22. The summed E-state index contributed by atoms with van der Waals surface area (Å²) in [5, 5.41) is 3.42. The third kappa shape index (κ3) is 4.39. The minimum Gasteiger partial charge on any atom is -0.367 e. The van der Waals surface area contributed by atoms with Crippen molar-refractivity contribution in [1.82, 2.24) is 9.97 Å². The minimum atomic E-state index is 0.448. The van der Waals surface area contributed by atoms with Crippen molar-refractivity contribution in [2.24, 2.45) is 0 Å². The molecule has 1 aromatic rings. The lowest BCUT2D eigenvalue weighted by molar-refractivity contribution is 0.879. The van der Waals surface area contributed by atoms with Crippen LogP contribution < -0.4 is 5.32 Å². The Kier molecular flexibility index (Phi) is 5.60. The lowest BCUT2D eigenvalue weighted by Crippen LogP contribution is -2.19. The van der Waals surface area contributed by atoms with Gasteiger partial charge >= 0.3 is 0 Å². The Labute approximate surface area is 102 Å². The third-order valence-corrected chi connectivity index (χ3v) is 3.36. The number of hydrogen-bond acceptors (Lipinski definition) is 4. The molecule has 0 amide bonds. The van der Waals surface area contributed by atoms with Crippen LogP contribution in [0.2, 0.25) is 0 Å². The highest BCUT2D eigenvalue weighted by atomic mass is 32.2. The van der Waals surface area contributed by atoms with E-state index in [0.717, 1.165) is 35.3 Å². The van der Waals surface area contributed by atoms with Gasteiger partial charge in [-0.05, 0) is 26.0 Å². The molecule has 1 unspecified atom stereocenters. The molecule has 16 heavy (non-hydrogen) atoms. The van der Waals surface area contributed by atoms with Crippen LogP contribution in [-0.4, -0.2) is 27.5 Å². The molecule has 1 atom stereocenters. The molecular weight excluding hydrogens is 218 g/mol. The maximum atomic E-state index is 4.40. The molecule has 0 fully saturated rings. The fraction of sp³-hybridized carbons (Fsp3) is 0.667. The van der Waals surface area contributed by atoms with Crippen LogP contribution >= 0.6 is 11.8 Å². The summed E-state index contributed by atoms with van der Waals surface area (Å²) in [6.45, 7) is 8.42. The van der Waals surface area contributed by atoms with Crippen LogP contribution in [-0.2, 0) is 6.42 Å². The molecule has 0 aliphatic rings. The van der Waals surface area contributed by atoms with Gasteiger partial charge in [-0.15, -0.1) is 0 Å². The first-order chi connectivity index (χ1) is 7.65. The number of aryl methyl sites for hydroxylation is 2. The standard InChI is InChI=1S/C12H21N3S/c1-5-11-7-12(15-10(4)14-11)13-9(3)8-16-6-2/h7,9H,5-6,8H2,1-4H3,(H,13,14,15). The molecule has 0 saturated heterocycles. The molecule has 90 valence electrons. The summed E-state index contributed by atoms with van der Waals surface area (Å²) in [7, 11) is 0. The zero-order valence-electron chi connectivity index (χ0n) is 10.6. The Morgan fingerprint density at radius 2 is 2.12 bits per heavy atom. The van der Waals surface area contributed by atoms with Gasteiger partial charge < -0.3 is 5.32 Å². The van der Waals surface area contributed by atoms with Gasteiger partial charge in [-0.3, -0.25) is 0 Å². The average Bonchev–Trinajstić information content (AvgIpc) is 2.25. The zero-order valence-corrected chi connectivity index (χ0v) is 11.4. The summed E-state index contributed by atoms with van der Waals surface area (Å²) >= 11 is 1.94. The van der Waals surface area contributed by atoms with E-state index in [0.29, 0.717) is 6.04 Å². The lowest BCUT2D eigenvalue weighted by Gasteiger charge is -2.14. The van der Waals surface area contributed by atoms with Crippen molar-refractivity contribution in [3.05, 3.63) is 17.6 Å². The van der Waals surface area contributed by atoms with Gasteiger partial charge in [0.25, 0.3) is 0 Å². The first kappa shape index (κ1) is 13.3. The number of aromatic nitrogens is 2. The molecule has 0 aliphatic carbocycles. The van der Waals surface area contributed by atoms with E-state index in [4.69, 9.17) is 0 Å². The van der Waals surface area contributed by atoms with Crippen LogP contribution in [0.25, 0.3) is 0 Å². The molecule has 0 saturated carbocycles. The molecule has 1 aromatic heterocycles. The molecular formula is C12H21N3S. The molecule has 4 heteroatoms. The fourth-order valence-electron chi connectivity index (χ4n) is 1.47. The van der Waals surface area contributed by atoms with E-state index in [1.165, 1.54) is 0 Å². The maximum absolute atomic E-state index is 4.40. The van der Waals surface area contributed by atoms with Crippen LogP contribution in [0.5, 0.6) is 0 Å². The monoisotopic (exact) mass is 239 g/mol. The molecule has 0 aromatic carbocycles. The second-order valence-corrected chi connectivity index (χ2v) is 5.17. The zero-order chi connectivity index (χ0) is 12.0. The van der Waals surface area contributed by atoms with Crippen LogP contribution in [0, 0.1) is 6.92 Å². The topological polar surface area (TPSA) is 37.8 Å². The first-order valence-electron chi connectivity index (χ1n) is 5.84. The molecule has 1 rings (SSSR count). The van der Waals surface area contributed by atoms with Crippen molar-refractivity contribution < 1.29 is 0 Å². The molecule has 0 radical (unpaired) electrons. The largest absolute Gasteiger partial charge is 0.367 e. The number of hydrogen-bond donors (Lipinski definition) is 1. The Hall–Kier alpha value is -0.770. The van der Waals surface area contributed by atoms with E-state index < -0.39 is 0 Å². The second kappa shape index (κ2) is 6.74. The first-order valence-corrected chi connectivity index (χ1v) is 7.00. The summed E-state index contributed by atoms with van der Waals surface area (Å²) < 4.78 is 0. The van der Waals surface area contributed by atoms with Crippen LogP contribution in [0.4, 0.5) is 5.82 Å². The molecule has 0 bridgehead atoms. The Morgan fingerprint density at radius 1 is 1.38 bits per heavy atom. The highest BCUT2D eigenvalue weighted by Gasteiger charge is 2.04. The fourth-order valence-corrected chi connectivity index (χ4v) is 2.15. The number of nitrogens with one attached hydrogen (secondary N) is 1. The summed E-state index contributed by atoms with van der Waals surface area (Å²) in [5.74, 6) is 4.07. The number of nitrogens with zero attached hydrogens (tertiary/aromatic N) is 2. The van der Waals surface area contributed by atoms with Crippen LogP contribution in [0.3, 0.4) is 0 Å². The summed E-state index contributed by atoms with van der Waals surface area (Å²) in [4.78, 5) is 8.76.